The van der Waals surface area contributed by atoms with Crippen molar-refractivity contribution in [1.29, 1.82) is 0 Å². The van der Waals surface area contributed by atoms with Gasteiger partial charge in [0.25, 0.3) is 5.89 Å². The topological polar surface area (TPSA) is 97.6 Å². The highest BCUT2D eigenvalue weighted by atomic mass is 19.4. The smallest absolute Gasteiger partial charge is 0.333 e. The lowest BCUT2D eigenvalue weighted by Gasteiger charge is -2.03. The molecule has 1 N–H and O–H groups in total. The first-order chi connectivity index (χ1) is 10.4. The van der Waals surface area contributed by atoms with Crippen LogP contribution in [0.25, 0.3) is 23.0 Å². The number of H-pyrrole nitrogens is 1. The summed E-state index contributed by atoms with van der Waals surface area (Å²) in [6, 6.07) is 4.37. The van der Waals surface area contributed by atoms with E-state index in [4.69, 9.17) is 4.52 Å². The Labute approximate surface area is 119 Å². The highest BCUT2D eigenvalue weighted by molar-refractivity contribution is 5.55. The lowest BCUT2D eigenvalue weighted by Crippen LogP contribution is -2.10. The zero-order valence-electron chi connectivity index (χ0n) is 10.6. The lowest BCUT2D eigenvalue weighted by atomic mass is 10.3. The maximum Gasteiger partial charge on any atom is 0.451 e. The van der Waals surface area contributed by atoms with E-state index in [0.29, 0.717) is 5.69 Å². The molecule has 0 saturated heterocycles. The van der Waals surface area contributed by atoms with Crippen LogP contribution in [-0.2, 0) is 6.18 Å². The third kappa shape index (κ3) is 2.71. The molecule has 3 aromatic rings. The van der Waals surface area contributed by atoms with E-state index in [0.717, 1.165) is 12.4 Å². The van der Waals surface area contributed by atoms with Gasteiger partial charge in [-0.25, -0.2) is 9.97 Å². The van der Waals surface area contributed by atoms with E-state index >= 15 is 0 Å². The van der Waals surface area contributed by atoms with E-state index < -0.39 is 12.0 Å². The van der Waals surface area contributed by atoms with E-state index in [1.807, 2.05) is 0 Å². The van der Waals surface area contributed by atoms with E-state index in [1.165, 1.54) is 12.1 Å². The summed E-state index contributed by atoms with van der Waals surface area (Å²) in [7, 11) is 0. The van der Waals surface area contributed by atoms with Crippen LogP contribution >= 0.6 is 0 Å². The van der Waals surface area contributed by atoms with Crippen LogP contribution in [0.4, 0.5) is 13.2 Å². The molecule has 0 spiro atoms. The summed E-state index contributed by atoms with van der Waals surface area (Å²) in [5.41, 5.74) is 0.0991. The molecule has 0 radical (unpaired) electrons. The van der Waals surface area contributed by atoms with E-state index in [2.05, 4.69) is 25.1 Å². The molecule has 10 heteroatoms. The second-order valence-corrected chi connectivity index (χ2v) is 4.14. The van der Waals surface area contributed by atoms with Crippen molar-refractivity contribution >= 4 is 0 Å². The molecule has 0 bridgehead atoms. The standard InChI is InChI=1S/C12H6F3N5O2/c13-12(14,15)11-16-4-6(5-17-11)10-19-9(20-22-10)7-2-1-3-8(21)18-7/h1-5H,(H,18,21). The number of pyridine rings is 1. The van der Waals surface area contributed by atoms with Gasteiger partial charge in [-0.3, -0.25) is 4.79 Å². The van der Waals surface area contributed by atoms with Crippen LogP contribution in [0.15, 0.2) is 39.9 Å². The van der Waals surface area contributed by atoms with Gasteiger partial charge >= 0.3 is 6.18 Å². The molecule has 0 aliphatic heterocycles. The third-order valence-corrected chi connectivity index (χ3v) is 2.59. The van der Waals surface area contributed by atoms with Crippen LogP contribution in [0, 0.1) is 0 Å². The Morgan fingerprint density at radius 1 is 1.14 bits per heavy atom. The van der Waals surface area contributed by atoms with Crippen molar-refractivity contribution in [2.45, 2.75) is 6.18 Å². The van der Waals surface area contributed by atoms with Gasteiger partial charge in [0.05, 0.1) is 11.3 Å². The number of hydrogen-bond donors (Lipinski definition) is 1. The summed E-state index contributed by atoms with van der Waals surface area (Å²) < 4.78 is 42.1. The first-order valence-electron chi connectivity index (χ1n) is 5.86. The molecular weight excluding hydrogens is 303 g/mol. The summed E-state index contributed by atoms with van der Waals surface area (Å²) in [6.45, 7) is 0. The summed E-state index contributed by atoms with van der Waals surface area (Å²) in [4.78, 5) is 24.1. The van der Waals surface area contributed by atoms with Gasteiger partial charge in [-0.15, -0.1) is 0 Å². The quantitative estimate of drug-likeness (QED) is 0.776. The van der Waals surface area contributed by atoms with Crippen molar-refractivity contribution in [3.63, 3.8) is 0 Å². The monoisotopic (exact) mass is 309 g/mol. The van der Waals surface area contributed by atoms with E-state index in [9.17, 15) is 18.0 Å². The summed E-state index contributed by atoms with van der Waals surface area (Å²) in [5.74, 6) is -1.23. The van der Waals surface area contributed by atoms with Crippen LogP contribution in [0.3, 0.4) is 0 Å². The van der Waals surface area contributed by atoms with Crippen molar-refractivity contribution in [2.75, 3.05) is 0 Å². The zero-order valence-corrected chi connectivity index (χ0v) is 10.6. The number of hydrogen-bond acceptors (Lipinski definition) is 6. The number of nitrogens with one attached hydrogen (secondary N) is 1. The van der Waals surface area contributed by atoms with Gasteiger partial charge in [-0.2, -0.15) is 18.2 Å². The highest BCUT2D eigenvalue weighted by Crippen LogP contribution is 2.27. The van der Waals surface area contributed by atoms with Gasteiger partial charge in [0, 0.05) is 18.5 Å². The number of nitrogens with zero attached hydrogens (tertiary/aromatic N) is 4. The molecule has 0 saturated carbocycles. The molecule has 0 amide bonds. The number of aromatic amines is 1. The Kier molecular flexibility index (Phi) is 3.20. The number of halogens is 3. The van der Waals surface area contributed by atoms with Gasteiger partial charge in [0.2, 0.25) is 17.2 Å². The minimum atomic E-state index is -4.62. The van der Waals surface area contributed by atoms with Crippen LogP contribution in [0.1, 0.15) is 5.82 Å². The normalized spacial score (nSPS) is 11.6. The van der Waals surface area contributed by atoms with Crippen molar-refractivity contribution in [3.05, 3.63) is 46.8 Å². The largest absolute Gasteiger partial charge is 0.451 e. The average molecular weight is 309 g/mol. The number of alkyl halides is 3. The molecule has 0 aliphatic carbocycles. The average Bonchev–Trinajstić information content (AvgIpc) is 2.96. The fraction of sp³-hybridized carbons (Fsp3) is 0.0833. The van der Waals surface area contributed by atoms with Gasteiger partial charge in [-0.1, -0.05) is 11.2 Å². The molecule has 3 rings (SSSR count). The summed E-state index contributed by atoms with van der Waals surface area (Å²) in [6.07, 6.45) is -2.76. The van der Waals surface area contributed by atoms with Crippen molar-refractivity contribution in [2.24, 2.45) is 0 Å². The Balaban J connectivity index is 1.92. The predicted molar refractivity (Wildman–Crippen MR) is 66.4 cm³/mol. The highest BCUT2D eigenvalue weighted by Gasteiger charge is 2.34. The number of rotatable bonds is 2. The van der Waals surface area contributed by atoms with Crippen LogP contribution in [0.5, 0.6) is 0 Å². The molecule has 0 atom stereocenters. The van der Waals surface area contributed by atoms with Crippen molar-refractivity contribution < 1.29 is 17.7 Å². The van der Waals surface area contributed by atoms with Crippen LogP contribution in [-0.4, -0.2) is 25.1 Å². The Hall–Kier alpha value is -3.04. The molecule has 7 nitrogen and oxygen atoms in total. The molecule has 0 unspecified atom stereocenters. The molecule has 0 fully saturated rings. The fourth-order valence-electron chi connectivity index (χ4n) is 1.61. The molecule has 112 valence electrons. The fourth-order valence-corrected chi connectivity index (χ4v) is 1.61. The first kappa shape index (κ1) is 13.9. The first-order valence-corrected chi connectivity index (χ1v) is 5.86. The number of aromatic nitrogens is 5. The molecule has 3 aromatic heterocycles. The lowest BCUT2D eigenvalue weighted by molar-refractivity contribution is -0.144. The van der Waals surface area contributed by atoms with Gasteiger partial charge in [0.15, 0.2) is 0 Å². The Bertz CT molecular complexity index is 854. The molecule has 22 heavy (non-hydrogen) atoms. The van der Waals surface area contributed by atoms with Crippen molar-refractivity contribution in [1.82, 2.24) is 25.1 Å². The SMILES string of the molecule is O=c1cccc(-c2noc(-c3cnc(C(F)(F)F)nc3)n2)[nH]1. The zero-order chi connectivity index (χ0) is 15.7. The van der Waals surface area contributed by atoms with Gasteiger partial charge < -0.3 is 9.51 Å². The summed E-state index contributed by atoms with van der Waals surface area (Å²) >= 11 is 0. The van der Waals surface area contributed by atoms with Crippen LogP contribution < -0.4 is 5.56 Å². The van der Waals surface area contributed by atoms with E-state index in [1.54, 1.807) is 6.07 Å². The molecule has 3 heterocycles. The molecule has 0 aliphatic rings. The molecule has 0 aromatic carbocycles. The van der Waals surface area contributed by atoms with Crippen molar-refractivity contribution in [3.8, 4) is 23.0 Å². The third-order valence-electron chi connectivity index (χ3n) is 2.59. The van der Waals surface area contributed by atoms with E-state index in [-0.39, 0.29) is 22.8 Å². The Morgan fingerprint density at radius 2 is 1.86 bits per heavy atom. The minimum absolute atomic E-state index is 0.0616. The van der Waals surface area contributed by atoms with Gasteiger partial charge in [-0.05, 0) is 6.07 Å². The minimum Gasteiger partial charge on any atom is -0.333 e. The Morgan fingerprint density at radius 3 is 2.50 bits per heavy atom. The second kappa shape index (κ2) is 5.06. The molecular formula is C12H6F3N5O2. The summed E-state index contributed by atoms with van der Waals surface area (Å²) in [5, 5.41) is 3.64. The second-order valence-electron chi connectivity index (χ2n) is 4.14. The predicted octanol–water partition coefficient (Wildman–Crippen LogP) is 1.90. The maximum atomic E-state index is 12.4. The maximum absolute atomic E-state index is 12.4. The van der Waals surface area contributed by atoms with Gasteiger partial charge in [0.1, 0.15) is 0 Å². The van der Waals surface area contributed by atoms with Crippen LogP contribution in [0.2, 0.25) is 0 Å².